The van der Waals surface area contributed by atoms with E-state index in [2.05, 4.69) is 4.98 Å². The summed E-state index contributed by atoms with van der Waals surface area (Å²) in [5, 5.41) is 0.599. The third kappa shape index (κ3) is 3.18. The number of benzene rings is 1. The molecule has 2 aromatic heterocycles. The van der Waals surface area contributed by atoms with Gasteiger partial charge in [-0.3, -0.25) is 9.36 Å². The normalized spacial score (nSPS) is 13.6. The summed E-state index contributed by atoms with van der Waals surface area (Å²) in [6, 6.07) is 7.37. The van der Waals surface area contributed by atoms with Crippen LogP contribution in [0.1, 0.15) is 51.3 Å². The van der Waals surface area contributed by atoms with E-state index < -0.39 is 0 Å². The molecule has 0 saturated carbocycles. The van der Waals surface area contributed by atoms with Crippen LogP contribution in [0, 0.1) is 6.92 Å². The fourth-order valence-electron chi connectivity index (χ4n) is 3.78. The van der Waals surface area contributed by atoms with Gasteiger partial charge in [-0.05, 0) is 57.2 Å². The van der Waals surface area contributed by atoms with Crippen molar-refractivity contribution in [3.05, 3.63) is 61.3 Å². The van der Waals surface area contributed by atoms with E-state index in [4.69, 9.17) is 4.74 Å². The quantitative estimate of drug-likeness (QED) is 0.643. The highest BCUT2D eigenvalue weighted by Gasteiger charge is 2.26. The fourth-order valence-corrected chi connectivity index (χ4v) is 5.16. The summed E-state index contributed by atoms with van der Waals surface area (Å²) in [7, 11) is 0. The van der Waals surface area contributed by atoms with Crippen molar-refractivity contribution in [3.63, 3.8) is 0 Å². The van der Waals surface area contributed by atoms with Crippen molar-refractivity contribution in [2.45, 2.75) is 46.1 Å². The van der Waals surface area contributed by atoms with E-state index in [0.717, 1.165) is 36.1 Å². The lowest BCUT2D eigenvalue weighted by Crippen LogP contribution is -2.25. The number of thiophene rings is 1. The van der Waals surface area contributed by atoms with E-state index in [1.807, 2.05) is 32.0 Å². The first-order valence-corrected chi connectivity index (χ1v) is 10.2. The number of ether oxygens (including phenoxy) is 1. The molecule has 0 aliphatic heterocycles. The van der Waals surface area contributed by atoms with Gasteiger partial charge in [0.15, 0.2) is 0 Å². The summed E-state index contributed by atoms with van der Waals surface area (Å²) < 4.78 is 7.00. The molecule has 140 valence electrons. The number of hydrogen-bond donors (Lipinski definition) is 0. The molecule has 5 nitrogen and oxygen atoms in total. The number of aromatic nitrogens is 2. The van der Waals surface area contributed by atoms with Crippen molar-refractivity contribution in [3.8, 4) is 0 Å². The van der Waals surface area contributed by atoms with Crippen LogP contribution in [-0.4, -0.2) is 22.1 Å². The van der Waals surface area contributed by atoms with Gasteiger partial charge in [-0.1, -0.05) is 12.1 Å². The summed E-state index contributed by atoms with van der Waals surface area (Å²) in [6.07, 6.45) is 4.14. The van der Waals surface area contributed by atoms with Crippen molar-refractivity contribution in [2.75, 3.05) is 6.61 Å². The minimum Gasteiger partial charge on any atom is -0.462 e. The first-order chi connectivity index (χ1) is 13.1. The number of nitrogens with zero attached hydrogens (tertiary/aromatic N) is 2. The second-order valence-electron chi connectivity index (χ2n) is 6.80. The van der Waals surface area contributed by atoms with Crippen LogP contribution in [0.4, 0.5) is 0 Å². The average Bonchev–Trinajstić information content (AvgIpc) is 3.03. The van der Waals surface area contributed by atoms with Gasteiger partial charge in [-0.2, -0.15) is 0 Å². The molecular weight excluding hydrogens is 360 g/mol. The lowest BCUT2D eigenvalue weighted by atomic mass is 9.95. The van der Waals surface area contributed by atoms with Crippen molar-refractivity contribution in [1.29, 1.82) is 0 Å². The number of carbonyl (C=O) groups is 1. The topological polar surface area (TPSA) is 61.2 Å². The molecule has 6 heteroatoms. The molecule has 4 rings (SSSR count). The fraction of sp³-hybridized carbons (Fsp3) is 0.381. The SMILES string of the molecule is CCOC(=O)c1c(Cn2c(C)nc3ccccc3c2=O)sc2c1CCCC2. The molecule has 3 aromatic rings. The van der Waals surface area contributed by atoms with Gasteiger partial charge in [0.25, 0.3) is 5.56 Å². The van der Waals surface area contributed by atoms with Gasteiger partial charge in [-0.25, -0.2) is 9.78 Å². The first-order valence-electron chi connectivity index (χ1n) is 9.37. The number of carbonyl (C=O) groups excluding carboxylic acids is 1. The van der Waals surface area contributed by atoms with E-state index in [-0.39, 0.29) is 11.5 Å². The van der Waals surface area contributed by atoms with Crippen LogP contribution in [0.5, 0.6) is 0 Å². The lowest BCUT2D eigenvalue weighted by molar-refractivity contribution is 0.0524. The zero-order valence-corrected chi connectivity index (χ0v) is 16.4. The highest BCUT2D eigenvalue weighted by atomic mass is 32.1. The van der Waals surface area contributed by atoms with Crippen LogP contribution in [0.2, 0.25) is 0 Å². The van der Waals surface area contributed by atoms with Crippen LogP contribution in [0.15, 0.2) is 29.1 Å². The monoisotopic (exact) mass is 382 g/mol. The zero-order chi connectivity index (χ0) is 19.0. The van der Waals surface area contributed by atoms with Crippen LogP contribution in [0.25, 0.3) is 10.9 Å². The van der Waals surface area contributed by atoms with Crippen molar-refractivity contribution >= 4 is 28.2 Å². The van der Waals surface area contributed by atoms with E-state index >= 15 is 0 Å². The number of para-hydroxylation sites is 1. The van der Waals surface area contributed by atoms with Crippen LogP contribution in [-0.2, 0) is 24.1 Å². The average molecular weight is 382 g/mol. The number of hydrogen-bond acceptors (Lipinski definition) is 5. The van der Waals surface area contributed by atoms with Crippen molar-refractivity contribution in [2.24, 2.45) is 0 Å². The Bertz CT molecular complexity index is 1080. The molecule has 0 unspecified atom stereocenters. The summed E-state index contributed by atoms with van der Waals surface area (Å²) >= 11 is 1.65. The standard InChI is InChI=1S/C21H22N2O3S/c1-3-26-21(25)19-15-9-5-7-11-17(15)27-18(19)12-23-13(2)22-16-10-6-4-8-14(16)20(23)24/h4,6,8,10H,3,5,7,9,11-12H2,1-2H3. The largest absolute Gasteiger partial charge is 0.462 e. The Labute approximate surface area is 161 Å². The maximum Gasteiger partial charge on any atom is 0.339 e. The van der Waals surface area contributed by atoms with Gasteiger partial charge in [-0.15, -0.1) is 11.3 Å². The molecule has 1 aromatic carbocycles. The summed E-state index contributed by atoms with van der Waals surface area (Å²) in [5.74, 6) is 0.381. The molecule has 0 bridgehead atoms. The molecule has 0 fully saturated rings. The van der Waals surface area contributed by atoms with Gasteiger partial charge in [0.1, 0.15) is 5.82 Å². The molecule has 0 N–H and O–H groups in total. The van der Waals surface area contributed by atoms with E-state index in [0.29, 0.717) is 35.4 Å². The molecule has 0 atom stereocenters. The van der Waals surface area contributed by atoms with Gasteiger partial charge >= 0.3 is 5.97 Å². The summed E-state index contributed by atoms with van der Waals surface area (Å²) in [4.78, 5) is 32.4. The number of esters is 1. The molecule has 0 radical (unpaired) electrons. The van der Waals surface area contributed by atoms with E-state index in [1.165, 1.54) is 4.88 Å². The van der Waals surface area contributed by atoms with Gasteiger partial charge in [0.05, 0.1) is 29.6 Å². The molecule has 27 heavy (non-hydrogen) atoms. The molecule has 0 amide bonds. The van der Waals surface area contributed by atoms with E-state index in [9.17, 15) is 9.59 Å². The maximum absolute atomic E-state index is 13.0. The molecular formula is C21H22N2O3S. The Kier molecular flexibility index (Phi) is 4.83. The van der Waals surface area contributed by atoms with Gasteiger partial charge < -0.3 is 4.74 Å². The third-order valence-electron chi connectivity index (χ3n) is 5.08. The lowest BCUT2D eigenvalue weighted by Gasteiger charge is -2.13. The molecule has 1 aliphatic carbocycles. The smallest absolute Gasteiger partial charge is 0.339 e. The summed E-state index contributed by atoms with van der Waals surface area (Å²) in [5.41, 5.74) is 2.43. The summed E-state index contributed by atoms with van der Waals surface area (Å²) in [6.45, 7) is 4.36. The van der Waals surface area contributed by atoms with Gasteiger partial charge in [0, 0.05) is 9.75 Å². The van der Waals surface area contributed by atoms with Crippen LogP contribution in [0.3, 0.4) is 0 Å². The molecule has 0 saturated heterocycles. The Morgan fingerprint density at radius 2 is 2.04 bits per heavy atom. The van der Waals surface area contributed by atoms with Crippen molar-refractivity contribution in [1.82, 2.24) is 9.55 Å². The molecule has 0 spiro atoms. The van der Waals surface area contributed by atoms with E-state index in [1.54, 1.807) is 22.0 Å². The second-order valence-corrected chi connectivity index (χ2v) is 7.99. The highest BCUT2D eigenvalue weighted by molar-refractivity contribution is 7.12. The Hall–Kier alpha value is -2.47. The zero-order valence-electron chi connectivity index (χ0n) is 15.6. The highest BCUT2D eigenvalue weighted by Crippen LogP contribution is 2.35. The molecule has 1 aliphatic rings. The number of fused-ring (bicyclic) bond motifs is 2. The maximum atomic E-state index is 13.0. The Balaban J connectivity index is 1.83. The minimum atomic E-state index is -0.272. The van der Waals surface area contributed by atoms with Crippen LogP contribution < -0.4 is 5.56 Å². The van der Waals surface area contributed by atoms with Crippen molar-refractivity contribution < 1.29 is 9.53 Å². The predicted molar refractivity (Wildman–Crippen MR) is 107 cm³/mol. The van der Waals surface area contributed by atoms with Crippen LogP contribution >= 0.6 is 11.3 Å². The predicted octanol–water partition coefficient (Wildman–Crippen LogP) is 3.87. The number of aryl methyl sites for hydroxylation is 2. The second kappa shape index (κ2) is 7.27. The first kappa shape index (κ1) is 17.9. The number of rotatable bonds is 4. The molecule has 2 heterocycles. The minimum absolute atomic E-state index is 0.0701. The Morgan fingerprint density at radius 1 is 1.26 bits per heavy atom. The van der Waals surface area contributed by atoms with Gasteiger partial charge in [0.2, 0.25) is 0 Å². The Morgan fingerprint density at radius 3 is 2.85 bits per heavy atom. The third-order valence-corrected chi connectivity index (χ3v) is 6.35.